The van der Waals surface area contributed by atoms with E-state index >= 15 is 0 Å². The maximum Gasteiger partial charge on any atom is 0.137 e. The van der Waals surface area contributed by atoms with Gasteiger partial charge in [-0.2, -0.15) is 0 Å². The van der Waals surface area contributed by atoms with Crippen LogP contribution >= 0.6 is 15.9 Å². The zero-order valence-corrected chi connectivity index (χ0v) is 10.6. The summed E-state index contributed by atoms with van der Waals surface area (Å²) in [5.74, 6) is -0.0863. The van der Waals surface area contributed by atoms with E-state index in [1.54, 1.807) is 30.6 Å². The van der Waals surface area contributed by atoms with Gasteiger partial charge in [-0.05, 0) is 24.3 Å². The van der Waals surface area contributed by atoms with Crippen molar-refractivity contribution in [1.82, 2.24) is 9.97 Å². The molecule has 2 N–H and O–H groups in total. The van der Waals surface area contributed by atoms with Gasteiger partial charge >= 0.3 is 0 Å². The molecule has 2 rings (SSSR count). The summed E-state index contributed by atoms with van der Waals surface area (Å²) >= 11 is 3.32. The van der Waals surface area contributed by atoms with Gasteiger partial charge in [0.1, 0.15) is 11.6 Å². The van der Waals surface area contributed by atoms with Crippen molar-refractivity contribution in [2.45, 2.75) is 5.92 Å². The molecule has 17 heavy (non-hydrogen) atoms. The highest BCUT2D eigenvalue weighted by Crippen LogP contribution is 2.26. The van der Waals surface area contributed by atoms with E-state index < -0.39 is 0 Å². The molecule has 0 saturated carbocycles. The van der Waals surface area contributed by atoms with Crippen LogP contribution in [0, 0.1) is 5.82 Å². The van der Waals surface area contributed by atoms with Crippen molar-refractivity contribution >= 4 is 15.9 Å². The molecular weight excluding hydrogens is 285 g/mol. The molecule has 5 heteroatoms. The molecule has 1 atom stereocenters. The summed E-state index contributed by atoms with van der Waals surface area (Å²) in [5, 5.41) is 0. The van der Waals surface area contributed by atoms with Crippen LogP contribution in [0.1, 0.15) is 17.3 Å². The fraction of sp³-hybridized carbons (Fsp3) is 0.167. The van der Waals surface area contributed by atoms with Gasteiger partial charge in [-0.1, -0.05) is 15.9 Å². The van der Waals surface area contributed by atoms with Crippen LogP contribution in [0.2, 0.25) is 0 Å². The largest absolute Gasteiger partial charge is 0.329 e. The monoisotopic (exact) mass is 295 g/mol. The van der Waals surface area contributed by atoms with Crippen molar-refractivity contribution in [3.8, 4) is 0 Å². The number of rotatable bonds is 3. The molecule has 1 heterocycles. The van der Waals surface area contributed by atoms with Gasteiger partial charge in [-0.15, -0.1) is 0 Å². The average Bonchev–Trinajstić information content (AvgIpc) is 2.36. The van der Waals surface area contributed by atoms with Gasteiger partial charge in [-0.3, -0.25) is 0 Å². The van der Waals surface area contributed by atoms with Crippen molar-refractivity contribution in [1.29, 1.82) is 0 Å². The van der Waals surface area contributed by atoms with E-state index in [-0.39, 0.29) is 18.3 Å². The Bertz CT molecular complexity index is 504. The summed E-state index contributed by atoms with van der Waals surface area (Å²) in [4.78, 5) is 8.25. The van der Waals surface area contributed by atoms with E-state index in [1.807, 2.05) is 0 Å². The molecule has 0 fully saturated rings. The maximum atomic E-state index is 13.8. The normalized spacial score (nSPS) is 12.4. The highest BCUT2D eigenvalue weighted by Gasteiger charge is 2.19. The standard InChI is InChI=1S/C12H11BrFN3/c13-8-2-3-11(14)9(6-8)10(7-15)12-16-4-1-5-17-12/h1-6,10H,7,15H2. The first-order valence-corrected chi connectivity index (χ1v) is 5.93. The summed E-state index contributed by atoms with van der Waals surface area (Å²) < 4.78 is 14.6. The number of aromatic nitrogens is 2. The third kappa shape index (κ3) is 2.68. The minimum absolute atomic E-state index is 0.261. The van der Waals surface area contributed by atoms with Crippen LogP contribution in [0.4, 0.5) is 4.39 Å². The highest BCUT2D eigenvalue weighted by atomic mass is 79.9. The summed E-state index contributed by atoms with van der Waals surface area (Å²) in [7, 11) is 0. The van der Waals surface area contributed by atoms with E-state index in [0.29, 0.717) is 11.4 Å². The second kappa shape index (κ2) is 5.33. The molecule has 2 aromatic rings. The molecule has 0 aliphatic heterocycles. The Balaban J connectivity index is 2.46. The quantitative estimate of drug-likeness (QED) is 0.946. The fourth-order valence-electron chi connectivity index (χ4n) is 1.64. The van der Waals surface area contributed by atoms with E-state index in [4.69, 9.17) is 5.73 Å². The topological polar surface area (TPSA) is 51.8 Å². The lowest BCUT2D eigenvalue weighted by Crippen LogP contribution is -2.17. The Morgan fingerprint density at radius 1 is 1.29 bits per heavy atom. The molecule has 0 amide bonds. The molecule has 0 radical (unpaired) electrons. The number of benzene rings is 1. The van der Waals surface area contributed by atoms with Gasteiger partial charge < -0.3 is 5.73 Å². The van der Waals surface area contributed by atoms with E-state index in [1.165, 1.54) is 6.07 Å². The lowest BCUT2D eigenvalue weighted by molar-refractivity contribution is 0.590. The zero-order chi connectivity index (χ0) is 12.3. The lowest BCUT2D eigenvalue weighted by atomic mass is 9.98. The first-order valence-electron chi connectivity index (χ1n) is 5.14. The van der Waals surface area contributed by atoms with Crippen molar-refractivity contribution in [3.05, 3.63) is 58.3 Å². The van der Waals surface area contributed by atoms with Crippen molar-refractivity contribution in [3.63, 3.8) is 0 Å². The van der Waals surface area contributed by atoms with Crippen molar-refractivity contribution in [2.75, 3.05) is 6.54 Å². The number of nitrogens with two attached hydrogens (primary N) is 1. The molecule has 1 aromatic heterocycles. The van der Waals surface area contributed by atoms with Crippen LogP contribution in [0.25, 0.3) is 0 Å². The van der Waals surface area contributed by atoms with Crippen LogP contribution in [-0.2, 0) is 0 Å². The Hall–Kier alpha value is -1.33. The van der Waals surface area contributed by atoms with Crippen LogP contribution < -0.4 is 5.73 Å². The average molecular weight is 296 g/mol. The first-order chi connectivity index (χ1) is 8.22. The summed E-state index contributed by atoms with van der Waals surface area (Å²) in [6, 6.07) is 6.49. The van der Waals surface area contributed by atoms with E-state index in [2.05, 4.69) is 25.9 Å². The van der Waals surface area contributed by atoms with E-state index in [0.717, 1.165) is 4.47 Å². The van der Waals surface area contributed by atoms with Crippen LogP contribution in [-0.4, -0.2) is 16.5 Å². The van der Waals surface area contributed by atoms with Crippen LogP contribution in [0.5, 0.6) is 0 Å². The molecule has 0 saturated heterocycles. The fourth-order valence-corrected chi connectivity index (χ4v) is 2.02. The molecule has 0 spiro atoms. The molecule has 0 aliphatic carbocycles. The van der Waals surface area contributed by atoms with Crippen molar-refractivity contribution < 1.29 is 4.39 Å². The Labute approximate surface area is 107 Å². The zero-order valence-electron chi connectivity index (χ0n) is 8.98. The summed E-state index contributed by atoms with van der Waals surface area (Å²) in [6.45, 7) is 0.261. The van der Waals surface area contributed by atoms with Gasteiger partial charge in [0, 0.05) is 29.0 Å². The minimum atomic E-state index is -0.325. The van der Waals surface area contributed by atoms with Crippen LogP contribution in [0.3, 0.4) is 0 Å². The number of hydrogen-bond acceptors (Lipinski definition) is 3. The predicted molar refractivity (Wildman–Crippen MR) is 67.0 cm³/mol. The second-order valence-corrected chi connectivity index (χ2v) is 4.48. The predicted octanol–water partition coefficient (Wildman–Crippen LogP) is 2.47. The van der Waals surface area contributed by atoms with Gasteiger partial charge in [0.15, 0.2) is 0 Å². The number of nitrogens with zero attached hydrogens (tertiary/aromatic N) is 2. The van der Waals surface area contributed by atoms with Gasteiger partial charge in [0.05, 0.1) is 5.92 Å². The molecule has 3 nitrogen and oxygen atoms in total. The van der Waals surface area contributed by atoms with Gasteiger partial charge in [0.25, 0.3) is 0 Å². The van der Waals surface area contributed by atoms with Crippen molar-refractivity contribution in [2.24, 2.45) is 5.73 Å². The Morgan fingerprint density at radius 2 is 2.00 bits per heavy atom. The maximum absolute atomic E-state index is 13.8. The lowest BCUT2D eigenvalue weighted by Gasteiger charge is -2.14. The molecule has 1 unspecified atom stereocenters. The van der Waals surface area contributed by atoms with Crippen LogP contribution in [0.15, 0.2) is 41.1 Å². The number of halogens is 2. The Morgan fingerprint density at radius 3 is 2.65 bits per heavy atom. The molecule has 1 aromatic carbocycles. The SMILES string of the molecule is NCC(c1ncccn1)c1cc(Br)ccc1F. The smallest absolute Gasteiger partial charge is 0.137 e. The number of hydrogen-bond donors (Lipinski definition) is 1. The second-order valence-electron chi connectivity index (χ2n) is 3.56. The molecular formula is C12H11BrFN3. The van der Waals surface area contributed by atoms with E-state index in [9.17, 15) is 4.39 Å². The Kier molecular flexibility index (Phi) is 3.81. The minimum Gasteiger partial charge on any atom is -0.329 e. The van der Waals surface area contributed by atoms with Gasteiger partial charge in [0.2, 0.25) is 0 Å². The third-order valence-electron chi connectivity index (χ3n) is 2.47. The summed E-state index contributed by atoms with van der Waals surface area (Å²) in [6.07, 6.45) is 3.25. The third-order valence-corrected chi connectivity index (χ3v) is 2.96. The molecule has 0 aliphatic rings. The first kappa shape index (κ1) is 12.1. The summed E-state index contributed by atoms with van der Waals surface area (Å²) in [5.41, 5.74) is 6.20. The molecule has 0 bridgehead atoms. The van der Waals surface area contributed by atoms with Gasteiger partial charge in [-0.25, -0.2) is 14.4 Å². The highest BCUT2D eigenvalue weighted by molar-refractivity contribution is 9.10. The molecule has 88 valence electrons.